The Morgan fingerprint density at radius 2 is 1.40 bits per heavy atom. The lowest BCUT2D eigenvalue weighted by atomic mass is 9.93. The normalized spacial score (nSPS) is 10.8. The Kier molecular flexibility index (Phi) is 9.63. The highest BCUT2D eigenvalue weighted by Crippen LogP contribution is 2.40. The zero-order valence-corrected chi connectivity index (χ0v) is 23.7. The number of hydrogen-bond acceptors (Lipinski definition) is 6. The van der Waals surface area contributed by atoms with Gasteiger partial charge in [0.2, 0.25) is 5.36 Å². The maximum atomic E-state index is 13.4. The zero-order valence-electron chi connectivity index (χ0n) is 23.7. The Balaban J connectivity index is 0.000000194. The van der Waals surface area contributed by atoms with E-state index in [1.54, 1.807) is 36.4 Å². The molecule has 0 aromatic heterocycles. The van der Waals surface area contributed by atoms with Gasteiger partial charge in [-0.2, -0.15) is 0 Å². The van der Waals surface area contributed by atoms with Gasteiger partial charge < -0.3 is 31.0 Å². The topological polar surface area (TPSA) is 118 Å². The quantitative estimate of drug-likeness (QED) is 0.126. The second kappa shape index (κ2) is 13.7. The molecule has 0 atom stereocenters. The molecule has 7 nitrogen and oxygen atoms in total. The minimum absolute atomic E-state index is 0.213. The van der Waals surface area contributed by atoms with Gasteiger partial charge >= 0.3 is 0 Å². The average Bonchev–Trinajstić information content (AvgIpc) is 3.00. The molecule has 0 saturated carbocycles. The molecule has 1 aliphatic carbocycles. The molecule has 0 bridgehead atoms. The molecule has 0 spiro atoms. The molecule has 1 aliphatic heterocycles. The number of nitrogens with two attached hydrogens (primary N) is 1. The van der Waals surface area contributed by atoms with Crippen molar-refractivity contribution in [2.24, 2.45) is 0 Å². The summed E-state index contributed by atoms with van der Waals surface area (Å²) in [6.07, 6.45) is 0. The summed E-state index contributed by atoms with van der Waals surface area (Å²) in [6.45, 7) is 0. The summed E-state index contributed by atoms with van der Waals surface area (Å²) in [5, 5.41) is 25.7. The number of nitrogens with one attached hydrogen (secondary N) is 3. The van der Waals surface area contributed by atoms with Gasteiger partial charge in [0.05, 0.1) is 6.07 Å². The van der Waals surface area contributed by atoms with E-state index in [1.807, 2.05) is 75.7 Å². The van der Waals surface area contributed by atoms with Gasteiger partial charge in [0.25, 0.3) is 0 Å². The van der Waals surface area contributed by atoms with Crippen LogP contribution in [0.1, 0.15) is 0 Å². The van der Waals surface area contributed by atoms with E-state index in [9.17, 15) is 4.39 Å². The van der Waals surface area contributed by atoms with Crippen molar-refractivity contribution in [1.82, 2.24) is 0 Å². The Hall–Kier alpha value is -5.50. The molecule has 0 radical (unpaired) electrons. The van der Waals surface area contributed by atoms with Crippen LogP contribution in [-0.4, -0.2) is 31.4 Å². The highest BCUT2D eigenvalue weighted by molar-refractivity contribution is 6.02. The summed E-state index contributed by atoms with van der Waals surface area (Å²) in [5.74, 6) is 1.05. The zero-order chi connectivity index (χ0) is 30.1. The van der Waals surface area contributed by atoms with Crippen molar-refractivity contribution in [2.45, 2.75) is 0 Å². The first-order valence-corrected chi connectivity index (χ1v) is 13.3. The Labute approximate surface area is 243 Å². The van der Waals surface area contributed by atoms with Crippen LogP contribution >= 0.6 is 0 Å². The van der Waals surface area contributed by atoms with E-state index >= 15 is 0 Å². The van der Waals surface area contributed by atoms with Crippen LogP contribution in [0.25, 0.3) is 33.4 Å². The van der Waals surface area contributed by atoms with Crippen LogP contribution in [-0.2, 0) is 0 Å². The van der Waals surface area contributed by atoms with Crippen LogP contribution in [0.5, 0.6) is 11.5 Å². The van der Waals surface area contributed by atoms with E-state index in [1.165, 1.54) is 18.2 Å². The van der Waals surface area contributed by atoms with Gasteiger partial charge in [-0.15, -0.1) is 0 Å². The molecule has 4 aromatic carbocycles. The van der Waals surface area contributed by atoms with Crippen molar-refractivity contribution in [3.63, 3.8) is 0 Å². The summed E-state index contributed by atoms with van der Waals surface area (Å²) in [7, 11) is 5.57. The number of phenolic OH excluding ortho intramolecular Hbond substituents is 2. The first-order chi connectivity index (χ1) is 20.3. The van der Waals surface area contributed by atoms with Gasteiger partial charge in [-0.1, -0.05) is 24.3 Å². The number of halogens is 1. The summed E-state index contributed by atoms with van der Waals surface area (Å²) < 4.78 is 19.6. The molecule has 2 aliphatic rings. The predicted octanol–water partition coefficient (Wildman–Crippen LogP) is 5.40. The molecular formula is C34H34FN4O3+. The summed E-state index contributed by atoms with van der Waals surface area (Å²) in [6, 6.07) is 32.1. The van der Waals surface area contributed by atoms with E-state index < -0.39 is 0 Å². The number of rotatable bonds is 3. The van der Waals surface area contributed by atoms with Crippen molar-refractivity contribution < 1.29 is 24.0 Å². The lowest BCUT2D eigenvalue weighted by molar-refractivity contribution is -0.465. The van der Waals surface area contributed by atoms with Crippen molar-refractivity contribution in [3.8, 4) is 33.9 Å². The van der Waals surface area contributed by atoms with Gasteiger partial charge in [0.1, 0.15) is 35.7 Å². The molecule has 7 N–H and O–H groups in total. The number of benzene rings is 5. The standard InChI is InChI=1S/C21H17FN2O.C7H9NO.C6H7NO/c1-23-15-7-9-17-19(11-15)25-20-12-16(24-2)8-10-18(20)21(17)13-3-5-14(22)6-4-13;1-8-6-3-2-4-7(9)5-6;7-5-2-1-3-6(8)4-5/h3-12,23H,1-2H3;2-5,8-9H,1H3;1-4,8H,7H2/p+1. The fourth-order valence-electron chi connectivity index (χ4n) is 4.31. The molecule has 42 heavy (non-hydrogen) atoms. The van der Waals surface area contributed by atoms with Gasteiger partial charge in [-0.3, -0.25) is 0 Å². The summed E-state index contributed by atoms with van der Waals surface area (Å²) in [4.78, 5) is 3.13. The first-order valence-electron chi connectivity index (χ1n) is 13.3. The Bertz CT molecular complexity index is 1800. The molecule has 1 heterocycles. The van der Waals surface area contributed by atoms with E-state index in [2.05, 4.69) is 15.6 Å². The van der Waals surface area contributed by atoms with Crippen molar-refractivity contribution in [3.05, 3.63) is 120 Å². The summed E-state index contributed by atoms with van der Waals surface area (Å²) in [5.41, 5.74) is 11.6. The fraction of sp³-hybridized carbons (Fsp3) is 0.0882. The first kappa shape index (κ1) is 29.5. The number of anilines is 3. The van der Waals surface area contributed by atoms with Gasteiger partial charge in [0.15, 0.2) is 0 Å². The SMILES string of the molecule is CNc1ccc2c(-c3ccc(F)cc3)c3ccc(=[NH+]C)cc-3oc2c1.CNc1cccc(O)c1.Nc1cccc(O)c1. The second-order valence-corrected chi connectivity index (χ2v) is 9.30. The van der Waals surface area contributed by atoms with Crippen molar-refractivity contribution >= 4 is 28.0 Å². The molecular weight excluding hydrogens is 531 g/mol. The highest BCUT2D eigenvalue weighted by atomic mass is 19.1. The minimum atomic E-state index is -0.243. The molecule has 8 heteroatoms. The van der Waals surface area contributed by atoms with Crippen molar-refractivity contribution in [2.75, 3.05) is 37.5 Å². The number of fused-ring (bicyclic) bond motifs is 2. The van der Waals surface area contributed by atoms with Crippen LogP contribution < -0.4 is 26.7 Å². The lowest BCUT2D eigenvalue weighted by Crippen LogP contribution is -2.71. The number of hydrogen-bond donors (Lipinski definition) is 6. The maximum absolute atomic E-state index is 13.4. The number of aromatic hydroxyl groups is 2. The number of phenols is 2. The third-order valence-corrected chi connectivity index (χ3v) is 6.44. The molecule has 0 unspecified atom stereocenters. The monoisotopic (exact) mass is 565 g/mol. The van der Waals surface area contributed by atoms with E-state index in [0.717, 1.165) is 50.2 Å². The van der Waals surface area contributed by atoms with Crippen LogP contribution in [0.15, 0.2) is 114 Å². The minimum Gasteiger partial charge on any atom is -0.508 e. The molecule has 0 saturated heterocycles. The maximum Gasteiger partial charge on any atom is 0.201 e. The molecule has 214 valence electrons. The predicted molar refractivity (Wildman–Crippen MR) is 168 cm³/mol. The molecule has 4 aromatic rings. The fourth-order valence-corrected chi connectivity index (χ4v) is 4.31. The second-order valence-electron chi connectivity index (χ2n) is 9.30. The van der Waals surface area contributed by atoms with Crippen LogP contribution in [0.2, 0.25) is 0 Å². The smallest absolute Gasteiger partial charge is 0.201 e. The Morgan fingerprint density at radius 1 is 0.738 bits per heavy atom. The third-order valence-electron chi connectivity index (χ3n) is 6.44. The van der Waals surface area contributed by atoms with E-state index in [-0.39, 0.29) is 11.6 Å². The van der Waals surface area contributed by atoms with Crippen molar-refractivity contribution in [1.29, 1.82) is 0 Å². The molecule has 0 fully saturated rings. The highest BCUT2D eigenvalue weighted by Gasteiger charge is 2.17. The largest absolute Gasteiger partial charge is 0.508 e. The van der Waals surface area contributed by atoms with Crippen LogP contribution in [0, 0.1) is 5.82 Å². The number of nitrogen functional groups attached to an aromatic ring is 1. The molecule has 0 amide bonds. The van der Waals surface area contributed by atoms with E-state index in [4.69, 9.17) is 20.4 Å². The van der Waals surface area contributed by atoms with Crippen LogP contribution in [0.3, 0.4) is 0 Å². The molecule has 6 rings (SSSR count). The van der Waals surface area contributed by atoms with Gasteiger partial charge in [0, 0.05) is 71.9 Å². The summed E-state index contributed by atoms with van der Waals surface area (Å²) >= 11 is 0. The van der Waals surface area contributed by atoms with E-state index in [0.29, 0.717) is 11.4 Å². The van der Waals surface area contributed by atoms with Gasteiger partial charge in [-0.05, 0) is 60.2 Å². The van der Waals surface area contributed by atoms with Crippen LogP contribution in [0.4, 0.5) is 21.5 Å². The Morgan fingerprint density at radius 3 is 1.98 bits per heavy atom. The third kappa shape index (κ3) is 7.37. The van der Waals surface area contributed by atoms with Gasteiger partial charge in [-0.25, -0.2) is 9.38 Å². The average molecular weight is 566 g/mol. The lowest BCUT2D eigenvalue weighted by Gasteiger charge is -2.15.